The third-order valence-corrected chi connectivity index (χ3v) is 9.64. The van der Waals surface area contributed by atoms with Gasteiger partial charge < -0.3 is 4.74 Å². The highest BCUT2D eigenvalue weighted by Gasteiger charge is 2.29. The van der Waals surface area contributed by atoms with Crippen molar-refractivity contribution >= 4 is 48.5 Å². The van der Waals surface area contributed by atoms with Gasteiger partial charge >= 0.3 is 5.97 Å². The summed E-state index contributed by atoms with van der Waals surface area (Å²) in [6, 6.07) is 20.9. The van der Waals surface area contributed by atoms with E-state index in [0.717, 1.165) is 18.8 Å². The van der Waals surface area contributed by atoms with Gasteiger partial charge in [0, 0.05) is 41.1 Å². The summed E-state index contributed by atoms with van der Waals surface area (Å²) in [4.78, 5) is 27.9. The third-order valence-electron chi connectivity index (χ3n) is 8.43. The summed E-state index contributed by atoms with van der Waals surface area (Å²) in [5.74, 6) is -1.21. The molecule has 0 radical (unpaired) electrons. The number of allylic oxidation sites excluding steroid dienone is 13. The van der Waals surface area contributed by atoms with Gasteiger partial charge in [-0.05, 0) is 79.0 Å². The summed E-state index contributed by atoms with van der Waals surface area (Å²) in [5, 5.41) is 50.0. The first-order chi connectivity index (χ1) is 30.5. The van der Waals surface area contributed by atoms with Crippen LogP contribution in [0.25, 0.3) is 16.0 Å². The van der Waals surface area contributed by atoms with Gasteiger partial charge in [-0.15, -0.1) is 29.3 Å². The summed E-state index contributed by atoms with van der Waals surface area (Å²) < 4.78 is 56.8. The Morgan fingerprint density at radius 3 is 1.98 bits per heavy atom. The highest BCUT2D eigenvalue weighted by Crippen LogP contribution is 2.38. The molecule has 2 aromatic carbocycles. The minimum atomic E-state index is -3.60. The molecule has 19 heteroatoms. The van der Waals surface area contributed by atoms with Crippen molar-refractivity contribution in [1.29, 1.82) is 26.3 Å². The quantitative estimate of drug-likeness (QED) is 0.0254. The number of ether oxygens (including phenoxy) is 1. The standard InChI is InChI=1S/C45H38N9O8S2/c1-7-60-42(55)30-54(31(3)62-61-8-2)45-34(11-9-13-36(25-46)43(38(27-48)28-49)32-17-21-39(22-18-32)52-63(5,56)57)15-16-35(45)12-10-14-37(26-47)44(41(29-50)51-4)33-19-23-40(24-20-33)53-64(6,58)59/h8-14,17-24,52-53H,2-3,7,15-16,30H2,1,5-6H3/q-1/b12-10+,13-9+,34-11+,37-14+,43-36-,44-41+. The second kappa shape index (κ2) is 23.3. The predicted molar refractivity (Wildman–Crippen MR) is 237 cm³/mol. The number of sulfonamides is 2. The summed E-state index contributed by atoms with van der Waals surface area (Å²) in [6.45, 7) is 16.2. The summed E-state index contributed by atoms with van der Waals surface area (Å²) in [7, 11) is -7.21. The smallest absolute Gasteiger partial charge is 0.326 e. The molecule has 2 aromatic rings. The van der Waals surface area contributed by atoms with Gasteiger partial charge in [0.2, 0.25) is 25.9 Å². The van der Waals surface area contributed by atoms with Gasteiger partial charge in [0.15, 0.2) is 0 Å². The van der Waals surface area contributed by atoms with Gasteiger partial charge in [0.05, 0.1) is 49.1 Å². The van der Waals surface area contributed by atoms with Gasteiger partial charge in [-0.1, -0.05) is 43.0 Å². The minimum absolute atomic E-state index is 0.00961. The van der Waals surface area contributed by atoms with Crippen LogP contribution in [-0.4, -0.2) is 53.4 Å². The molecular formula is C45H38N9O8S2-. The van der Waals surface area contributed by atoms with Crippen LogP contribution in [0, 0.1) is 69.1 Å². The minimum Gasteiger partial charge on any atom is -0.465 e. The Labute approximate surface area is 372 Å². The van der Waals surface area contributed by atoms with E-state index in [0.29, 0.717) is 29.7 Å². The molecule has 0 aromatic heterocycles. The van der Waals surface area contributed by atoms with Crippen LogP contribution in [-0.2, 0) is 39.4 Å². The van der Waals surface area contributed by atoms with E-state index in [2.05, 4.69) is 27.4 Å². The highest BCUT2D eigenvalue weighted by molar-refractivity contribution is 7.92. The molecule has 0 bridgehead atoms. The van der Waals surface area contributed by atoms with E-state index >= 15 is 0 Å². The number of nitriles is 5. The number of anilines is 2. The second-order valence-electron chi connectivity index (χ2n) is 13.0. The summed E-state index contributed by atoms with van der Waals surface area (Å²) in [6.07, 6.45) is 12.6. The van der Waals surface area contributed by atoms with Crippen LogP contribution in [0.5, 0.6) is 0 Å². The Bertz CT molecular complexity index is 2850. The number of carbonyl (C=O) groups is 1. The number of hydrogen-bond donors (Lipinski definition) is 2. The molecule has 0 unspecified atom stereocenters. The lowest BCUT2D eigenvalue weighted by molar-refractivity contribution is -0.228. The largest absolute Gasteiger partial charge is 0.465 e. The van der Waals surface area contributed by atoms with Crippen molar-refractivity contribution in [3.05, 3.63) is 172 Å². The molecule has 0 spiro atoms. The second-order valence-corrected chi connectivity index (χ2v) is 16.5. The molecule has 1 aliphatic rings. The van der Waals surface area contributed by atoms with E-state index in [4.69, 9.17) is 21.1 Å². The van der Waals surface area contributed by atoms with Crippen molar-refractivity contribution in [1.82, 2.24) is 4.90 Å². The number of rotatable bonds is 20. The molecule has 17 nitrogen and oxygen atoms in total. The number of nitrogens with one attached hydrogen (secondary N) is 2. The molecule has 0 aliphatic heterocycles. The fourth-order valence-electron chi connectivity index (χ4n) is 5.99. The van der Waals surface area contributed by atoms with Gasteiger partial charge in [-0.3, -0.25) is 28.9 Å². The van der Waals surface area contributed by atoms with E-state index < -0.39 is 38.3 Å². The number of esters is 1. The number of carbonyl (C=O) groups excluding carboxylic acids is 1. The van der Waals surface area contributed by atoms with Crippen molar-refractivity contribution < 1.29 is 36.1 Å². The Morgan fingerprint density at radius 2 is 1.50 bits per heavy atom. The van der Waals surface area contributed by atoms with Gasteiger partial charge in [0.25, 0.3) is 5.70 Å². The van der Waals surface area contributed by atoms with Crippen molar-refractivity contribution in [3.63, 3.8) is 0 Å². The number of benzene rings is 2. The average molecular weight is 897 g/mol. The van der Waals surface area contributed by atoms with Gasteiger partial charge in [-0.2, -0.15) is 5.26 Å². The molecule has 0 atom stereocenters. The Morgan fingerprint density at radius 1 is 0.906 bits per heavy atom. The van der Waals surface area contributed by atoms with Crippen molar-refractivity contribution in [3.8, 4) is 30.3 Å². The molecule has 64 heavy (non-hydrogen) atoms. The Balaban J connectivity index is 2.27. The zero-order valence-corrected chi connectivity index (χ0v) is 36.2. The van der Waals surface area contributed by atoms with E-state index in [1.165, 1.54) is 77.7 Å². The monoisotopic (exact) mass is 896 g/mol. The maximum atomic E-state index is 13.0. The first-order valence-electron chi connectivity index (χ1n) is 18.4. The highest BCUT2D eigenvalue weighted by atomic mass is 32.2. The maximum absolute atomic E-state index is 13.0. The Kier molecular flexibility index (Phi) is 18.1. The van der Waals surface area contributed by atoms with Gasteiger partial charge in [0.1, 0.15) is 12.8 Å². The fraction of sp³-hybridized carbons (Fsp3) is 0.156. The molecule has 0 fully saturated rings. The molecular weight excluding hydrogens is 859 g/mol. The lowest BCUT2D eigenvalue weighted by atomic mass is 9.90. The third kappa shape index (κ3) is 14.2. The predicted octanol–water partition coefficient (Wildman–Crippen LogP) is 7.15. The molecule has 324 valence electrons. The van der Waals surface area contributed by atoms with Crippen molar-refractivity contribution in [2.24, 2.45) is 0 Å². The summed E-state index contributed by atoms with van der Waals surface area (Å²) >= 11 is 0. The molecule has 3 rings (SSSR count). The van der Waals surface area contributed by atoms with Crippen LogP contribution in [0.2, 0.25) is 0 Å². The topological polar surface area (TPSA) is 264 Å². The first kappa shape index (κ1) is 49.6. The Hall–Kier alpha value is -8.72. The SMILES string of the molecule is [C-]#[N+]/C(C#N)=C(/C(C#N)=C/C=C/C1=C(N(CC(=O)OCC)C(=C)OOC=C)C(=C/C=C/C(C#N)=C(\c2ccc(NS(C)(=O)=O)cc2)[C-](C#N)C#N)/CC1)c1ccc(NS(C)(=O)=O)cc1. The first-order valence-corrected chi connectivity index (χ1v) is 22.2. The van der Waals surface area contributed by atoms with E-state index in [1.54, 1.807) is 31.2 Å². The molecule has 0 saturated heterocycles. The van der Waals surface area contributed by atoms with Crippen molar-refractivity contribution in [2.45, 2.75) is 19.8 Å². The van der Waals surface area contributed by atoms with Crippen LogP contribution in [0.15, 0.2) is 144 Å². The number of hydrogen-bond acceptors (Lipinski definition) is 14. The average Bonchev–Trinajstić information content (AvgIpc) is 3.65. The van der Waals surface area contributed by atoms with Crippen LogP contribution < -0.4 is 9.44 Å². The zero-order valence-electron chi connectivity index (χ0n) is 34.6. The summed E-state index contributed by atoms with van der Waals surface area (Å²) in [5.41, 5.74) is 1.90. The van der Waals surface area contributed by atoms with E-state index in [1.807, 2.05) is 18.2 Å². The maximum Gasteiger partial charge on any atom is 0.326 e. The van der Waals surface area contributed by atoms with Crippen molar-refractivity contribution in [2.75, 3.05) is 35.1 Å². The molecule has 0 amide bonds. The lowest BCUT2D eigenvalue weighted by Gasteiger charge is -2.26. The normalized spacial score (nSPS) is 14.0. The van der Waals surface area contributed by atoms with Crippen LogP contribution in [0.3, 0.4) is 0 Å². The van der Waals surface area contributed by atoms with Gasteiger partial charge in [-0.25, -0.2) is 42.7 Å². The zero-order chi connectivity index (χ0) is 47.5. The lowest BCUT2D eigenvalue weighted by Crippen LogP contribution is -2.31. The van der Waals surface area contributed by atoms with E-state index in [-0.39, 0.29) is 63.2 Å². The van der Waals surface area contributed by atoms with Crippen LogP contribution in [0.1, 0.15) is 30.9 Å². The van der Waals surface area contributed by atoms with Crippen LogP contribution in [0.4, 0.5) is 11.4 Å². The van der Waals surface area contributed by atoms with Crippen LogP contribution >= 0.6 is 0 Å². The fourth-order valence-corrected chi connectivity index (χ4v) is 7.11. The number of nitrogens with zero attached hydrogens (tertiary/aromatic N) is 7. The molecule has 0 heterocycles. The van der Waals surface area contributed by atoms with E-state index in [9.17, 15) is 47.9 Å². The molecule has 2 N–H and O–H groups in total. The molecule has 1 aliphatic carbocycles. The molecule has 0 saturated carbocycles.